The summed E-state index contributed by atoms with van der Waals surface area (Å²) in [7, 11) is -3.93. The van der Waals surface area contributed by atoms with Crippen molar-refractivity contribution in [3.05, 3.63) is 59.9 Å². The fraction of sp³-hybridized carbons (Fsp3) is 0.294. The van der Waals surface area contributed by atoms with Crippen LogP contribution in [0.3, 0.4) is 0 Å². The van der Waals surface area contributed by atoms with E-state index in [4.69, 9.17) is 0 Å². The summed E-state index contributed by atoms with van der Waals surface area (Å²) in [5.74, 6) is -0.764. The lowest BCUT2D eigenvalue weighted by Crippen LogP contribution is -2.18. The SMILES string of the molecule is CCCNCCc1cccc(NS(=O)(=O)c2ccccc2F)c1. The summed E-state index contributed by atoms with van der Waals surface area (Å²) in [6, 6.07) is 12.5. The van der Waals surface area contributed by atoms with Crippen LogP contribution in [-0.4, -0.2) is 21.5 Å². The highest BCUT2D eigenvalue weighted by atomic mass is 32.2. The molecule has 23 heavy (non-hydrogen) atoms. The molecule has 124 valence electrons. The van der Waals surface area contributed by atoms with Crippen molar-refractivity contribution in [2.75, 3.05) is 17.8 Å². The highest BCUT2D eigenvalue weighted by Crippen LogP contribution is 2.19. The van der Waals surface area contributed by atoms with Gasteiger partial charge in [0.25, 0.3) is 10.0 Å². The monoisotopic (exact) mass is 336 g/mol. The average molecular weight is 336 g/mol. The van der Waals surface area contributed by atoms with Gasteiger partial charge in [-0.25, -0.2) is 12.8 Å². The van der Waals surface area contributed by atoms with Crippen LogP contribution in [-0.2, 0) is 16.4 Å². The minimum Gasteiger partial charge on any atom is -0.316 e. The van der Waals surface area contributed by atoms with Gasteiger partial charge in [-0.15, -0.1) is 0 Å². The third-order valence-corrected chi connectivity index (χ3v) is 4.74. The molecular weight excluding hydrogens is 315 g/mol. The van der Waals surface area contributed by atoms with Crippen LogP contribution in [0.1, 0.15) is 18.9 Å². The van der Waals surface area contributed by atoms with E-state index >= 15 is 0 Å². The van der Waals surface area contributed by atoms with Crippen molar-refractivity contribution in [1.82, 2.24) is 5.32 Å². The molecule has 0 atom stereocenters. The fourth-order valence-corrected chi connectivity index (χ4v) is 3.33. The zero-order valence-corrected chi connectivity index (χ0v) is 13.9. The smallest absolute Gasteiger partial charge is 0.264 e. The van der Waals surface area contributed by atoms with Gasteiger partial charge in [-0.05, 0) is 55.8 Å². The second-order valence-electron chi connectivity index (χ2n) is 5.24. The molecule has 0 aromatic heterocycles. The van der Waals surface area contributed by atoms with Gasteiger partial charge < -0.3 is 5.32 Å². The van der Waals surface area contributed by atoms with E-state index in [0.29, 0.717) is 5.69 Å². The number of anilines is 1. The Kier molecular flexibility index (Phi) is 6.12. The van der Waals surface area contributed by atoms with E-state index in [1.165, 1.54) is 18.2 Å². The summed E-state index contributed by atoms with van der Waals surface area (Å²) in [5.41, 5.74) is 1.45. The van der Waals surface area contributed by atoms with Crippen molar-refractivity contribution in [3.63, 3.8) is 0 Å². The molecular formula is C17H21FN2O2S. The zero-order chi connectivity index (χ0) is 16.7. The molecule has 0 aliphatic heterocycles. The van der Waals surface area contributed by atoms with Crippen LogP contribution in [0.4, 0.5) is 10.1 Å². The maximum absolute atomic E-state index is 13.7. The Labute approximate surface area is 136 Å². The summed E-state index contributed by atoms with van der Waals surface area (Å²) in [5, 5.41) is 3.30. The molecule has 6 heteroatoms. The maximum atomic E-state index is 13.7. The van der Waals surface area contributed by atoms with Crippen molar-refractivity contribution in [3.8, 4) is 0 Å². The van der Waals surface area contributed by atoms with Gasteiger partial charge in [-0.2, -0.15) is 0 Å². The van der Waals surface area contributed by atoms with E-state index in [2.05, 4.69) is 17.0 Å². The molecule has 2 aromatic rings. The molecule has 0 heterocycles. The number of sulfonamides is 1. The molecule has 2 rings (SSSR count). The Hall–Kier alpha value is -1.92. The van der Waals surface area contributed by atoms with Gasteiger partial charge in [0.2, 0.25) is 0 Å². The first-order valence-corrected chi connectivity index (χ1v) is 9.08. The standard InChI is InChI=1S/C17H21FN2O2S/c1-2-11-19-12-10-14-6-5-7-15(13-14)20-23(21,22)17-9-4-3-8-16(17)18/h3-9,13,19-20H,2,10-12H2,1H3. The van der Waals surface area contributed by atoms with Crippen molar-refractivity contribution in [1.29, 1.82) is 0 Å². The third kappa shape index (κ3) is 5.04. The van der Waals surface area contributed by atoms with Crippen molar-refractivity contribution in [2.45, 2.75) is 24.7 Å². The van der Waals surface area contributed by atoms with Crippen molar-refractivity contribution in [2.24, 2.45) is 0 Å². The van der Waals surface area contributed by atoms with Crippen LogP contribution < -0.4 is 10.0 Å². The van der Waals surface area contributed by atoms with E-state index < -0.39 is 15.8 Å². The van der Waals surface area contributed by atoms with E-state index in [1.54, 1.807) is 18.2 Å². The summed E-state index contributed by atoms with van der Waals surface area (Å²) < 4.78 is 40.6. The summed E-state index contributed by atoms with van der Waals surface area (Å²) in [6.07, 6.45) is 1.87. The Bertz CT molecular complexity index is 748. The molecule has 2 aromatic carbocycles. The van der Waals surface area contributed by atoms with Crippen LogP contribution in [0.2, 0.25) is 0 Å². The largest absolute Gasteiger partial charge is 0.316 e. The number of benzene rings is 2. The third-order valence-electron chi connectivity index (χ3n) is 3.32. The van der Waals surface area contributed by atoms with E-state index in [-0.39, 0.29) is 4.90 Å². The summed E-state index contributed by atoms with van der Waals surface area (Å²) in [6.45, 7) is 3.89. The molecule has 0 aliphatic rings. The van der Waals surface area contributed by atoms with Crippen LogP contribution in [0.25, 0.3) is 0 Å². The quantitative estimate of drug-likeness (QED) is 0.728. The number of rotatable bonds is 8. The molecule has 0 radical (unpaired) electrons. The number of nitrogens with one attached hydrogen (secondary N) is 2. The number of hydrogen-bond acceptors (Lipinski definition) is 3. The van der Waals surface area contributed by atoms with Crippen LogP contribution in [0, 0.1) is 5.82 Å². The predicted octanol–water partition coefficient (Wildman–Crippen LogP) is 3.17. The van der Waals surface area contributed by atoms with Crippen molar-refractivity contribution >= 4 is 15.7 Å². The molecule has 0 aliphatic carbocycles. The molecule has 0 saturated heterocycles. The van der Waals surface area contributed by atoms with Crippen LogP contribution in [0.5, 0.6) is 0 Å². The lowest BCUT2D eigenvalue weighted by atomic mass is 10.1. The molecule has 0 amide bonds. The molecule has 0 spiro atoms. The topological polar surface area (TPSA) is 58.2 Å². The van der Waals surface area contributed by atoms with Gasteiger partial charge in [0.15, 0.2) is 0 Å². The maximum Gasteiger partial charge on any atom is 0.264 e. The number of hydrogen-bond donors (Lipinski definition) is 2. The van der Waals surface area contributed by atoms with Crippen LogP contribution in [0.15, 0.2) is 53.4 Å². The minimum atomic E-state index is -3.93. The van der Waals surface area contributed by atoms with E-state index in [9.17, 15) is 12.8 Å². The first kappa shape index (κ1) is 17.4. The Morgan fingerprint density at radius 2 is 1.83 bits per heavy atom. The highest BCUT2D eigenvalue weighted by Gasteiger charge is 2.18. The van der Waals surface area contributed by atoms with Gasteiger partial charge >= 0.3 is 0 Å². The fourth-order valence-electron chi connectivity index (χ4n) is 2.20. The molecule has 0 fully saturated rings. The minimum absolute atomic E-state index is 0.352. The van der Waals surface area contributed by atoms with Gasteiger partial charge in [-0.1, -0.05) is 31.2 Å². The Balaban J connectivity index is 2.09. The second-order valence-corrected chi connectivity index (χ2v) is 6.89. The first-order chi connectivity index (χ1) is 11.0. The number of halogens is 1. The van der Waals surface area contributed by atoms with Gasteiger partial charge in [-0.3, -0.25) is 4.72 Å². The molecule has 4 nitrogen and oxygen atoms in total. The molecule has 0 bridgehead atoms. The zero-order valence-electron chi connectivity index (χ0n) is 13.0. The van der Waals surface area contributed by atoms with E-state index in [0.717, 1.165) is 37.6 Å². The lowest BCUT2D eigenvalue weighted by Gasteiger charge is -2.10. The molecule has 0 saturated carbocycles. The normalized spacial score (nSPS) is 11.4. The lowest BCUT2D eigenvalue weighted by molar-refractivity contribution is 0.570. The first-order valence-electron chi connectivity index (χ1n) is 7.60. The average Bonchev–Trinajstić information content (AvgIpc) is 2.52. The van der Waals surface area contributed by atoms with E-state index in [1.807, 2.05) is 6.07 Å². The van der Waals surface area contributed by atoms with Gasteiger partial charge in [0, 0.05) is 5.69 Å². The summed E-state index contributed by atoms with van der Waals surface area (Å²) >= 11 is 0. The van der Waals surface area contributed by atoms with Crippen LogP contribution >= 0.6 is 0 Å². The predicted molar refractivity (Wildman–Crippen MR) is 90.5 cm³/mol. The van der Waals surface area contributed by atoms with Gasteiger partial charge in [0.1, 0.15) is 10.7 Å². The second kappa shape index (κ2) is 8.08. The molecule has 2 N–H and O–H groups in total. The van der Waals surface area contributed by atoms with Crippen molar-refractivity contribution < 1.29 is 12.8 Å². The highest BCUT2D eigenvalue weighted by molar-refractivity contribution is 7.92. The Morgan fingerprint density at radius 1 is 1.04 bits per heavy atom. The molecule has 0 unspecified atom stereocenters. The van der Waals surface area contributed by atoms with Gasteiger partial charge in [0.05, 0.1) is 0 Å². The summed E-state index contributed by atoms with van der Waals surface area (Å²) in [4.78, 5) is -0.352. The Morgan fingerprint density at radius 3 is 2.57 bits per heavy atom.